The molecule has 0 aliphatic heterocycles. The van der Waals surface area contributed by atoms with Gasteiger partial charge in [-0.25, -0.2) is 0 Å². The molecule has 80 valence electrons. The van der Waals surface area contributed by atoms with Crippen LogP contribution < -0.4 is 0 Å². The van der Waals surface area contributed by atoms with Gasteiger partial charge >= 0.3 is 6.18 Å². The first-order chi connectivity index (χ1) is 6.46. The molecule has 0 amide bonds. The minimum absolute atomic E-state index is 0.228. The first-order valence-corrected chi connectivity index (χ1v) is 4.57. The Bertz CT molecular complexity index is 301. The summed E-state index contributed by atoms with van der Waals surface area (Å²) in [6, 6.07) is 0. The highest BCUT2D eigenvalue weighted by Crippen LogP contribution is 2.31. The smallest absolute Gasteiger partial charge is 0.282 e. The minimum atomic E-state index is -4.34. The van der Waals surface area contributed by atoms with Gasteiger partial charge in [0, 0.05) is 11.3 Å². The topological polar surface area (TPSA) is 28.7 Å². The van der Waals surface area contributed by atoms with E-state index in [0.29, 0.717) is 12.1 Å². The van der Waals surface area contributed by atoms with E-state index in [9.17, 15) is 13.2 Å². The van der Waals surface area contributed by atoms with E-state index >= 15 is 0 Å². The molecule has 0 aliphatic carbocycles. The summed E-state index contributed by atoms with van der Waals surface area (Å²) in [5.74, 6) is 0. The first kappa shape index (κ1) is 11.1. The lowest BCUT2D eigenvalue weighted by molar-refractivity contribution is -0.141. The van der Waals surface area contributed by atoms with Crippen LogP contribution in [0.15, 0.2) is 0 Å². The molecule has 5 heteroatoms. The molecule has 0 saturated heterocycles. The van der Waals surface area contributed by atoms with Crippen LogP contribution >= 0.6 is 0 Å². The second-order valence-corrected chi connectivity index (χ2v) is 3.28. The average Bonchev–Trinajstić information content (AvgIpc) is 2.42. The van der Waals surface area contributed by atoms with Gasteiger partial charge in [0.25, 0.3) is 0 Å². The maximum absolute atomic E-state index is 12.3. The molecular formula is C9H13F3N2. The van der Waals surface area contributed by atoms with E-state index in [4.69, 9.17) is 0 Å². The lowest BCUT2D eigenvalue weighted by atomic mass is 10.1. The minimum Gasteiger partial charge on any atom is -0.282 e. The third-order valence-electron chi connectivity index (χ3n) is 2.16. The zero-order chi connectivity index (χ0) is 10.8. The highest BCUT2D eigenvalue weighted by atomic mass is 19.4. The summed E-state index contributed by atoms with van der Waals surface area (Å²) in [5, 5.41) is 5.74. The van der Waals surface area contributed by atoms with Gasteiger partial charge in [0.1, 0.15) is 0 Å². The zero-order valence-corrected chi connectivity index (χ0v) is 8.20. The Hall–Kier alpha value is -1.00. The van der Waals surface area contributed by atoms with E-state index in [-0.39, 0.29) is 5.56 Å². The summed E-state index contributed by atoms with van der Waals surface area (Å²) in [4.78, 5) is 0. The molecular weight excluding hydrogens is 193 g/mol. The van der Waals surface area contributed by atoms with Gasteiger partial charge < -0.3 is 0 Å². The van der Waals surface area contributed by atoms with Crippen molar-refractivity contribution in [2.24, 2.45) is 0 Å². The Kier molecular flexibility index (Phi) is 3.18. The van der Waals surface area contributed by atoms with Crippen molar-refractivity contribution in [3.8, 4) is 0 Å². The van der Waals surface area contributed by atoms with Crippen molar-refractivity contribution in [3.05, 3.63) is 17.0 Å². The van der Waals surface area contributed by atoms with E-state index in [2.05, 4.69) is 10.2 Å². The Balaban J connectivity index is 2.86. The predicted octanol–water partition coefficient (Wildman–Crippen LogP) is 3.08. The van der Waals surface area contributed by atoms with Gasteiger partial charge in [0.2, 0.25) is 0 Å². The van der Waals surface area contributed by atoms with Crippen molar-refractivity contribution < 1.29 is 13.2 Å². The maximum Gasteiger partial charge on any atom is 0.435 e. The molecule has 1 aromatic rings. The van der Waals surface area contributed by atoms with Crippen LogP contribution in [0.4, 0.5) is 13.2 Å². The van der Waals surface area contributed by atoms with Crippen LogP contribution in [0, 0.1) is 6.92 Å². The van der Waals surface area contributed by atoms with Gasteiger partial charge in [-0.3, -0.25) is 5.10 Å². The largest absolute Gasteiger partial charge is 0.435 e. The van der Waals surface area contributed by atoms with E-state index in [1.807, 2.05) is 6.92 Å². The summed E-state index contributed by atoms with van der Waals surface area (Å²) in [5.41, 5.74) is 0.0359. The normalized spacial score (nSPS) is 12.1. The second-order valence-electron chi connectivity index (χ2n) is 3.28. The van der Waals surface area contributed by atoms with E-state index < -0.39 is 11.9 Å². The summed E-state index contributed by atoms with van der Waals surface area (Å²) in [6.07, 6.45) is -1.88. The standard InChI is InChI=1S/C9H13F3N2/c1-3-4-5-7-6(2)8(14-13-7)9(10,11)12/h3-5H2,1-2H3,(H,13,14). The number of hydrogen-bond acceptors (Lipinski definition) is 1. The van der Waals surface area contributed by atoms with Crippen LogP contribution in [0.3, 0.4) is 0 Å². The summed E-state index contributed by atoms with van der Waals surface area (Å²) in [6.45, 7) is 3.45. The van der Waals surface area contributed by atoms with Gasteiger partial charge in [-0.15, -0.1) is 0 Å². The predicted molar refractivity (Wildman–Crippen MR) is 46.9 cm³/mol. The number of aryl methyl sites for hydroxylation is 1. The van der Waals surface area contributed by atoms with E-state index in [0.717, 1.165) is 12.8 Å². The third-order valence-corrected chi connectivity index (χ3v) is 2.16. The Morgan fingerprint density at radius 3 is 2.43 bits per heavy atom. The molecule has 0 saturated carbocycles. The number of aromatic amines is 1. The molecule has 0 atom stereocenters. The van der Waals surface area contributed by atoms with Gasteiger partial charge in [-0.1, -0.05) is 13.3 Å². The molecule has 1 aromatic heterocycles. The van der Waals surface area contributed by atoms with Gasteiger partial charge in [-0.2, -0.15) is 18.3 Å². The van der Waals surface area contributed by atoms with Crippen molar-refractivity contribution in [3.63, 3.8) is 0 Å². The Morgan fingerprint density at radius 1 is 1.36 bits per heavy atom. The van der Waals surface area contributed by atoms with Crippen LogP contribution in [0.25, 0.3) is 0 Å². The van der Waals surface area contributed by atoms with Crippen molar-refractivity contribution in [1.29, 1.82) is 0 Å². The first-order valence-electron chi connectivity index (χ1n) is 4.57. The monoisotopic (exact) mass is 206 g/mol. The van der Waals surface area contributed by atoms with Crippen LogP contribution in [0.1, 0.15) is 36.7 Å². The summed E-state index contributed by atoms with van der Waals surface area (Å²) < 4.78 is 36.9. The fraction of sp³-hybridized carbons (Fsp3) is 0.667. The van der Waals surface area contributed by atoms with Crippen molar-refractivity contribution in [2.75, 3.05) is 0 Å². The quantitative estimate of drug-likeness (QED) is 0.808. The number of hydrogen-bond donors (Lipinski definition) is 1. The van der Waals surface area contributed by atoms with E-state index in [1.54, 1.807) is 0 Å². The number of aromatic nitrogens is 2. The van der Waals surface area contributed by atoms with E-state index in [1.165, 1.54) is 6.92 Å². The van der Waals surface area contributed by atoms with Crippen molar-refractivity contribution >= 4 is 0 Å². The van der Waals surface area contributed by atoms with Gasteiger partial charge in [0.15, 0.2) is 5.69 Å². The summed E-state index contributed by atoms with van der Waals surface area (Å²) in [7, 11) is 0. The highest BCUT2D eigenvalue weighted by Gasteiger charge is 2.36. The number of rotatable bonds is 3. The number of halogens is 3. The number of nitrogens with zero attached hydrogens (tertiary/aromatic N) is 1. The molecule has 0 aromatic carbocycles. The maximum atomic E-state index is 12.3. The molecule has 0 aliphatic rings. The number of nitrogens with one attached hydrogen (secondary N) is 1. The summed E-state index contributed by atoms with van der Waals surface area (Å²) >= 11 is 0. The third kappa shape index (κ3) is 2.27. The zero-order valence-electron chi connectivity index (χ0n) is 8.20. The molecule has 1 heterocycles. The molecule has 1 N–H and O–H groups in total. The fourth-order valence-electron chi connectivity index (χ4n) is 1.31. The van der Waals surface area contributed by atoms with Crippen LogP contribution in [0.5, 0.6) is 0 Å². The van der Waals surface area contributed by atoms with Crippen LogP contribution in [-0.4, -0.2) is 10.2 Å². The lowest BCUT2D eigenvalue weighted by Crippen LogP contribution is -2.07. The second kappa shape index (κ2) is 4.02. The van der Waals surface area contributed by atoms with Gasteiger partial charge in [0.05, 0.1) is 0 Å². The Morgan fingerprint density at radius 2 is 2.00 bits per heavy atom. The molecule has 0 spiro atoms. The molecule has 0 bridgehead atoms. The molecule has 0 unspecified atom stereocenters. The molecule has 0 fully saturated rings. The number of H-pyrrole nitrogens is 1. The molecule has 2 nitrogen and oxygen atoms in total. The lowest BCUT2D eigenvalue weighted by Gasteiger charge is -2.03. The fourth-order valence-corrected chi connectivity index (χ4v) is 1.31. The number of unbranched alkanes of at least 4 members (excludes halogenated alkanes) is 1. The van der Waals surface area contributed by atoms with Crippen LogP contribution in [-0.2, 0) is 12.6 Å². The van der Waals surface area contributed by atoms with Crippen LogP contribution in [0.2, 0.25) is 0 Å². The SMILES string of the molecule is CCCCc1[nH]nc(C(F)(F)F)c1C. The molecule has 0 radical (unpaired) electrons. The van der Waals surface area contributed by atoms with Crippen molar-refractivity contribution in [1.82, 2.24) is 10.2 Å². The number of alkyl halides is 3. The average molecular weight is 206 g/mol. The molecule has 1 rings (SSSR count). The molecule has 14 heavy (non-hydrogen) atoms. The highest BCUT2D eigenvalue weighted by molar-refractivity contribution is 5.25. The Labute approximate surface area is 80.5 Å². The van der Waals surface area contributed by atoms with Gasteiger partial charge in [-0.05, 0) is 19.8 Å². The van der Waals surface area contributed by atoms with Crippen molar-refractivity contribution in [2.45, 2.75) is 39.3 Å².